The van der Waals surface area contributed by atoms with Crippen molar-refractivity contribution in [3.8, 4) is 11.8 Å². The first-order valence-electron chi connectivity index (χ1n) is 6.28. The van der Waals surface area contributed by atoms with Crippen molar-refractivity contribution >= 4 is 22.4 Å². The van der Waals surface area contributed by atoms with Gasteiger partial charge >= 0.3 is 0 Å². The molecule has 0 spiro atoms. The number of nitrogens with zero attached hydrogens (tertiary/aromatic N) is 2. The standard InChI is InChI=1S/C16H11N3O2/c17-9-11(10-18-12-4-3-5-13(20)8-12)16-19-14-6-1-2-7-15(14)21-16/h1-8,10,18,20H/b11-10+. The van der Waals surface area contributed by atoms with E-state index in [0.29, 0.717) is 16.8 Å². The summed E-state index contributed by atoms with van der Waals surface area (Å²) in [7, 11) is 0. The van der Waals surface area contributed by atoms with Gasteiger partial charge in [0.05, 0.1) is 0 Å². The van der Waals surface area contributed by atoms with Gasteiger partial charge in [0.1, 0.15) is 22.9 Å². The molecular weight excluding hydrogens is 266 g/mol. The maximum absolute atomic E-state index is 9.39. The second-order valence-corrected chi connectivity index (χ2v) is 4.35. The van der Waals surface area contributed by atoms with Crippen LogP contribution in [-0.4, -0.2) is 10.1 Å². The topological polar surface area (TPSA) is 82.1 Å². The van der Waals surface area contributed by atoms with Gasteiger partial charge in [0.25, 0.3) is 0 Å². The summed E-state index contributed by atoms with van der Waals surface area (Å²) in [6.45, 7) is 0. The summed E-state index contributed by atoms with van der Waals surface area (Å²) in [4.78, 5) is 4.27. The summed E-state index contributed by atoms with van der Waals surface area (Å²) in [5.41, 5.74) is 2.27. The molecular formula is C16H11N3O2. The predicted molar refractivity (Wildman–Crippen MR) is 79.3 cm³/mol. The lowest BCUT2D eigenvalue weighted by molar-refractivity contribution is 0.475. The Morgan fingerprint density at radius 2 is 2.10 bits per heavy atom. The van der Waals surface area contributed by atoms with Crippen LogP contribution in [-0.2, 0) is 0 Å². The van der Waals surface area contributed by atoms with E-state index in [1.165, 1.54) is 6.20 Å². The Hall–Kier alpha value is -3.26. The highest BCUT2D eigenvalue weighted by atomic mass is 16.3. The lowest BCUT2D eigenvalue weighted by atomic mass is 10.3. The second-order valence-electron chi connectivity index (χ2n) is 4.35. The Labute approximate surface area is 120 Å². The highest BCUT2D eigenvalue weighted by Crippen LogP contribution is 2.21. The Bertz CT molecular complexity index is 826. The minimum Gasteiger partial charge on any atom is -0.508 e. The molecule has 5 nitrogen and oxygen atoms in total. The third-order valence-corrected chi connectivity index (χ3v) is 2.87. The van der Waals surface area contributed by atoms with Crippen LogP contribution in [0.5, 0.6) is 5.75 Å². The fraction of sp³-hybridized carbons (Fsp3) is 0. The molecule has 0 aliphatic carbocycles. The molecule has 0 aliphatic heterocycles. The van der Waals surface area contributed by atoms with Crippen molar-refractivity contribution in [2.24, 2.45) is 0 Å². The number of hydrogen-bond acceptors (Lipinski definition) is 5. The second kappa shape index (κ2) is 5.39. The number of fused-ring (bicyclic) bond motifs is 1. The smallest absolute Gasteiger partial charge is 0.239 e. The molecule has 3 rings (SSSR count). The molecule has 0 saturated heterocycles. The number of phenolic OH excluding ortho intramolecular Hbond substituents is 1. The number of benzene rings is 2. The molecule has 5 heteroatoms. The van der Waals surface area contributed by atoms with Crippen LogP contribution in [0.4, 0.5) is 5.69 Å². The van der Waals surface area contributed by atoms with E-state index >= 15 is 0 Å². The van der Waals surface area contributed by atoms with Crippen LogP contribution in [0.1, 0.15) is 5.89 Å². The molecule has 21 heavy (non-hydrogen) atoms. The average molecular weight is 277 g/mol. The van der Waals surface area contributed by atoms with Crippen LogP contribution >= 0.6 is 0 Å². The van der Waals surface area contributed by atoms with Gasteiger partial charge in [0.15, 0.2) is 5.58 Å². The van der Waals surface area contributed by atoms with Gasteiger partial charge in [-0.1, -0.05) is 18.2 Å². The molecule has 0 saturated carbocycles. The number of nitriles is 1. The van der Waals surface area contributed by atoms with Crippen molar-refractivity contribution in [3.05, 3.63) is 60.6 Å². The zero-order chi connectivity index (χ0) is 14.7. The van der Waals surface area contributed by atoms with Gasteiger partial charge in [-0.2, -0.15) is 5.26 Å². The first-order valence-corrected chi connectivity index (χ1v) is 6.28. The number of para-hydroxylation sites is 2. The van der Waals surface area contributed by atoms with E-state index in [-0.39, 0.29) is 17.2 Å². The van der Waals surface area contributed by atoms with Crippen LogP contribution in [0.25, 0.3) is 16.7 Å². The summed E-state index contributed by atoms with van der Waals surface area (Å²) < 4.78 is 5.54. The number of rotatable bonds is 3. The number of phenols is 1. The van der Waals surface area contributed by atoms with Gasteiger partial charge in [-0.05, 0) is 24.3 Å². The van der Waals surface area contributed by atoms with Crippen molar-refractivity contribution in [2.45, 2.75) is 0 Å². The van der Waals surface area contributed by atoms with E-state index in [1.54, 1.807) is 30.3 Å². The monoisotopic (exact) mass is 277 g/mol. The molecule has 0 unspecified atom stereocenters. The zero-order valence-electron chi connectivity index (χ0n) is 10.9. The van der Waals surface area contributed by atoms with E-state index in [9.17, 15) is 10.4 Å². The lowest BCUT2D eigenvalue weighted by Crippen LogP contribution is -1.91. The fourth-order valence-electron chi connectivity index (χ4n) is 1.88. The number of anilines is 1. The molecule has 0 amide bonds. The van der Waals surface area contributed by atoms with E-state index in [2.05, 4.69) is 10.3 Å². The Morgan fingerprint density at radius 1 is 1.24 bits per heavy atom. The van der Waals surface area contributed by atoms with Crippen molar-refractivity contribution in [2.75, 3.05) is 5.32 Å². The van der Waals surface area contributed by atoms with Gasteiger partial charge in [-0.25, -0.2) is 4.98 Å². The first kappa shape index (κ1) is 12.8. The third kappa shape index (κ3) is 2.69. The van der Waals surface area contributed by atoms with Crippen LogP contribution in [0.2, 0.25) is 0 Å². The van der Waals surface area contributed by atoms with Gasteiger partial charge in [0, 0.05) is 18.0 Å². The van der Waals surface area contributed by atoms with E-state index < -0.39 is 0 Å². The highest BCUT2D eigenvalue weighted by molar-refractivity contribution is 5.80. The lowest BCUT2D eigenvalue weighted by Gasteiger charge is -2.01. The molecule has 2 N–H and O–H groups in total. The molecule has 3 aromatic rings. The molecule has 0 fully saturated rings. The summed E-state index contributed by atoms with van der Waals surface area (Å²) >= 11 is 0. The molecule has 2 aromatic carbocycles. The van der Waals surface area contributed by atoms with Gasteiger partial charge in [-0.3, -0.25) is 0 Å². The van der Waals surface area contributed by atoms with Crippen LogP contribution in [0, 0.1) is 11.3 Å². The zero-order valence-corrected chi connectivity index (χ0v) is 10.9. The van der Waals surface area contributed by atoms with Crippen molar-refractivity contribution in [1.82, 2.24) is 4.98 Å². The predicted octanol–water partition coefficient (Wildman–Crippen LogP) is 3.51. The van der Waals surface area contributed by atoms with Gasteiger partial charge in [0.2, 0.25) is 5.89 Å². The quantitative estimate of drug-likeness (QED) is 0.716. The maximum Gasteiger partial charge on any atom is 0.239 e. The van der Waals surface area contributed by atoms with E-state index in [1.807, 2.05) is 24.3 Å². The number of oxazole rings is 1. The van der Waals surface area contributed by atoms with Crippen molar-refractivity contribution < 1.29 is 9.52 Å². The number of hydrogen-bond donors (Lipinski definition) is 2. The number of aromatic nitrogens is 1. The molecule has 0 aliphatic rings. The highest BCUT2D eigenvalue weighted by Gasteiger charge is 2.10. The number of allylic oxidation sites excluding steroid dienone is 1. The molecule has 0 atom stereocenters. The molecule has 0 bridgehead atoms. The Kier molecular flexibility index (Phi) is 3.27. The SMILES string of the molecule is N#C/C(=C\Nc1cccc(O)c1)c1nc2ccccc2o1. The minimum atomic E-state index is 0.147. The van der Waals surface area contributed by atoms with Crippen LogP contribution in [0.3, 0.4) is 0 Å². The van der Waals surface area contributed by atoms with Crippen LogP contribution in [0.15, 0.2) is 59.1 Å². The van der Waals surface area contributed by atoms with E-state index in [0.717, 1.165) is 0 Å². The molecule has 1 aromatic heterocycles. The maximum atomic E-state index is 9.39. The number of nitrogens with one attached hydrogen (secondary N) is 1. The number of aromatic hydroxyl groups is 1. The third-order valence-electron chi connectivity index (χ3n) is 2.87. The summed E-state index contributed by atoms with van der Waals surface area (Å²) in [6.07, 6.45) is 1.50. The summed E-state index contributed by atoms with van der Waals surface area (Å²) in [6, 6.07) is 16.0. The molecule has 102 valence electrons. The summed E-state index contributed by atoms with van der Waals surface area (Å²) in [5, 5.41) is 21.6. The first-order chi connectivity index (χ1) is 10.3. The van der Waals surface area contributed by atoms with Gasteiger partial charge in [-0.15, -0.1) is 0 Å². The van der Waals surface area contributed by atoms with E-state index in [4.69, 9.17) is 4.42 Å². The van der Waals surface area contributed by atoms with Crippen LogP contribution < -0.4 is 5.32 Å². The average Bonchev–Trinajstić information content (AvgIpc) is 2.91. The normalized spacial score (nSPS) is 11.3. The van der Waals surface area contributed by atoms with Crippen molar-refractivity contribution in [3.63, 3.8) is 0 Å². The fourth-order valence-corrected chi connectivity index (χ4v) is 1.88. The molecule has 1 heterocycles. The largest absolute Gasteiger partial charge is 0.508 e. The van der Waals surface area contributed by atoms with Gasteiger partial charge < -0.3 is 14.8 Å². The Morgan fingerprint density at radius 3 is 2.86 bits per heavy atom. The Balaban J connectivity index is 1.91. The minimum absolute atomic E-state index is 0.147. The molecule has 0 radical (unpaired) electrons. The van der Waals surface area contributed by atoms with Crippen molar-refractivity contribution in [1.29, 1.82) is 5.26 Å². The summed E-state index contributed by atoms with van der Waals surface area (Å²) in [5.74, 6) is 0.403.